The SMILES string of the molecule is CCCN(CCC)C(=O)c1ccc(C(N)=O)c(C(=O)O)c1. The first-order valence-electron chi connectivity index (χ1n) is 6.88. The van der Waals surface area contributed by atoms with Crippen LogP contribution in [0.25, 0.3) is 0 Å². The Bertz CT molecular complexity index is 549. The number of aromatic carboxylic acids is 1. The highest BCUT2D eigenvalue weighted by molar-refractivity contribution is 6.06. The van der Waals surface area contributed by atoms with Crippen molar-refractivity contribution in [3.05, 3.63) is 34.9 Å². The molecule has 0 bridgehead atoms. The maximum Gasteiger partial charge on any atom is 0.336 e. The Kier molecular flexibility index (Phi) is 5.90. The summed E-state index contributed by atoms with van der Waals surface area (Å²) in [5, 5.41) is 9.13. The number of carboxylic acid groups (broad SMARTS) is 1. The van der Waals surface area contributed by atoms with E-state index in [1.54, 1.807) is 4.90 Å². The second-order valence-electron chi connectivity index (χ2n) is 4.72. The number of carboxylic acids is 1. The molecule has 3 N–H and O–H groups in total. The molecule has 1 aromatic rings. The van der Waals surface area contributed by atoms with Crippen LogP contribution in [-0.4, -0.2) is 40.9 Å². The van der Waals surface area contributed by atoms with Crippen molar-refractivity contribution < 1.29 is 19.5 Å². The number of amides is 2. The van der Waals surface area contributed by atoms with Gasteiger partial charge in [0, 0.05) is 18.7 Å². The van der Waals surface area contributed by atoms with Crippen LogP contribution in [0, 0.1) is 0 Å². The lowest BCUT2D eigenvalue weighted by Crippen LogP contribution is -2.32. The smallest absolute Gasteiger partial charge is 0.336 e. The molecule has 21 heavy (non-hydrogen) atoms. The van der Waals surface area contributed by atoms with Gasteiger partial charge in [-0.05, 0) is 31.0 Å². The minimum atomic E-state index is -1.28. The van der Waals surface area contributed by atoms with Crippen LogP contribution < -0.4 is 5.73 Å². The highest BCUT2D eigenvalue weighted by Gasteiger charge is 2.20. The van der Waals surface area contributed by atoms with Crippen LogP contribution in [-0.2, 0) is 0 Å². The second kappa shape index (κ2) is 7.42. The molecule has 6 heteroatoms. The molecule has 6 nitrogen and oxygen atoms in total. The molecule has 114 valence electrons. The first kappa shape index (κ1) is 16.7. The van der Waals surface area contributed by atoms with E-state index >= 15 is 0 Å². The zero-order valence-corrected chi connectivity index (χ0v) is 12.3. The molecule has 0 aliphatic carbocycles. The van der Waals surface area contributed by atoms with Crippen molar-refractivity contribution in [2.75, 3.05) is 13.1 Å². The van der Waals surface area contributed by atoms with Gasteiger partial charge in [0.1, 0.15) is 0 Å². The van der Waals surface area contributed by atoms with E-state index in [-0.39, 0.29) is 22.6 Å². The highest BCUT2D eigenvalue weighted by Crippen LogP contribution is 2.14. The molecule has 1 rings (SSSR count). The van der Waals surface area contributed by atoms with Gasteiger partial charge in [0.05, 0.1) is 11.1 Å². The van der Waals surface area contributed by atoms with Crippen molar-refractivity contribution >= 4 is 17.8 Å². The molecule has 0 aromatic heterocycles. The third kappa shape index (κ3) is 4.05. The summed E-state index contributed by atoms with van der Waals surface area (Å²) in [6, 6.07) is 3.94. The molecule has 0 heterocycles. The number of hydrogen-bond donors (Lipinski definition) is 2. The zero-order valence-electron chi connectivity index (χ0n) is 12.3. The Morgan fingerprint density at radius 1 is 1.10 bits per heavy atom. The van der Waals surface area contributed by atoms with Gasteiger partial charge in [0.25, 0.3) is 5.91 Å². The molecule has 0 saturated carbocycles. The summed E-state index contributed by atoms with van der Waals surface area (Å²) in [6.45, 7) is 5.14. The van der Waals surface area contributed by atoms with Gasteiger partial charge in [-0.2, -0.15) is 0 Å². The number of benzene rings is 1. The van der Waals surface area contributed by atoms with Crippen molar-refractivity contribution in [1.29, 1.82) is 0 Å². The van der Waals surface area contributed by atoms with E-state index < -0.39 is 11.9 Å². The molecule has 0 unspecified atom stereocenters. The number of rotatable bonds is 7. The van der Waals surface area contributed by atoms with Crippen molar-refractivity contribution in [2.24, 2.45) is 5.73 Å². The number of nitrogens with two attached hydrogens (primary N) is 1. The molecule has 0 saturated heterocycles. The third-order valence-electron chi connectivity index (χ3n) is 3.04. The van der Waals surface area contributed by atoms with Crippen LogP contribution in [0.1, 0.15) is 57.8 Å². The fourth-order valence-corrected chi connectivity index (χ4v) is 2.11. The molecular weight excluding hydrogens is 272 g/mol. The monoisotopic (exact) mass is 292 g/mol. The lowest BCUT2D eigenvalue weighted by molar-refractivity contribution is 0.0692. The van der Waals surface area contributed by atoms with Crippen molar-refractivity contribution in [3.63, 3.8) is 0 Å². The van der Waals surface area contributed by atoms with Crippen molar-refractivity contribution in [2.45, 2.75) is 26.7 Å². The van der Waals surface area contributed by atoms with Gasteiger partial charge in [0.2, 0.25) is 5.91 Å². The Morgan fingerprint density at radius 3 is 2.10 bits per heavy atom. The van der Waals surface area contributed by atoms with Gasteiger partial charge < -0.3 is 15.7 Å². The average molecular weight is 292 g/mol. The summed E-state index contributed by atoms with van der Waals surface area (Å²) in [7, 11) is 0. The van der Waals surface area contributed by atoms with Gasteiger partial charge >= 0.3 is 5.97 Å². The Balaban J connectivity index is 3.18. The van der Waals surface area contributed by atoms with Crippen molar-refractivity contribution in [1.82, 2.24) is 4.90 Å². The van der Waals surface area contributed by atoms with Crippen LogP contribution in [0.4, 0.5) is 0 Å². The van der Waals surface area contributed by atoms with E-state index in [4.69, 9.17) is 10.8 Å². The number of nitrogens with zero attached hydrogens (tertiary/aromatic N) is 1. The van der Waals surface area contributed by atoms with Crippen LogP contribution in [0.2, 0.25) is 0 Å². The topological polar surface area (TPSA) is 101 Å². The molecular formula is C15H20N2O4. The summed E-state index contributed by atoms with van der Waals surface area (Å²) in [5.74, 6) is -2.35. The van der Waals surface area contributed by atoms with Gasteiger partial charge in [-0.25, -0.2) is 4.79 Å². The molecule has 2 amide bonds. The van der Waals surface area contributed by atoms with E-state index in [9.17, 15) is 14.4 Å². The molecule has 0 aliphatic rings. The number of hydrogen-bond acceptors (Lipinski definition) is 3. The predicted molar refractivity (Wildman–Crippen MR) is 78.4 cm³/mol. The Morgan fingerprint density at radius 2 is 1.67 bits per heavy atom. The van der Waals surface area contributed by atoms with E-state index in [0.717, 1.165) is 12.8 Å². The summed E-state index contributed by atoms with van der Waals surface area (Å²) in [6.07, 6.45) is 1.63. The molecule has 0 aliphatic heterocycles. The van der Waals surface area contributed by atoms with Gasteiger partial charge in [-0.3, -0.25) is 9.59 Å². The van der Waals surface area contributed by atoms with Crippen LogP contribution in [0.3, 0.4) is 0 Å². The normalized spacial score (nSPS) is 10.2. The quantitative estimate of drug-likeness (QED) is 0.799. The number of carbonyl (C=O) groups is 3. The highest BCUT2D eigenvalue weighted by atomic mass is 16.4. The van der Waals surface area contributed by atoms with Gasteiger partial charge in [0.15, 0.2) is 0 Å². The van der Waals surface area contributed by atoms with E-state index in [2.05, 4.69) is 0 Å². The standard InChI is InChI=1S/C15H20N2O4/c1-3-7-17(8-4-2)14(19)10-5-6-11(13(16)18)12(9-10)15(20)21/h5-6,9H,3-4,7-8H2,1-2H3,(H2,16,18)(H,20,21). The summed E-state index contributed by atoms with van der Waals surface area (Å²) < 4.78 is 0. The minimum absolute atomic E-state index is 0.100. The second-order valence-corrected chi connectivity index (χ2v) is 4.72. The number of primary amides is 1. The van der Waals surface area contributed by atoms with Crippen LogP contribution >= 0.6 is 0 Å². The maximum atomic E-state index is 12.4. The Hall–Kier alpha value is -2.37. The van der Waals surface area contributed by atoms with E-state index in [1.165, 1.54) is 18.2 Å². The maximum absolute atomic E-state index is 12.4. The van der Waals surface area contributed by atoms with Gasteiger partial charge in [-0.1, -0.05) is 13.8 Å². The lowest BCUT2D eigenvalue weighted by atomic mass is 10.0. The molecule has 0 spiro atoms. The summed E-state index contributed by atoms with van der Waals surface area (Å²) >= 11 is 0. The summed E-state index contributed by atoms with van der Waals surface area (Å²) in [4.78, 5) is 36.5. The molecule has 0 atom stereocenters. The fraction of sp³-hybridized carbons (Fsp3) is 0.400. The molecule has 1 aromatic carbocycles. The third-order valence-corrected chi connectivity index (χ3v) is 3.04. The fourth-order valence-electron chi connectivity index (χ4n) is 2.11. The Labute approximate surface area is 123 Å². The van der Waals surface area contributed by atoms with Crippen molar-refractivity contribution in [3.8, 4) is 0 Å². The largest absolute Gasteiger partial charge is 0.478 e. The van der Waals surface area contributed by atoms with Crippen LogP contribution in [0.5, 0.6) is 0 Å². The minimum Gasteiger partial charge on any atom is -0.478 e. The predicted octanol–water partition coefficient (Wildman–Crippen LogP) is 1.75. The van der Waals surface area contributed by atoms with E-state index in [1.807, 2.05) is 13.8 Å². The van der Waals surface area contributed by atoms with Gasteiger partial charge in [-0.15, -0.1) is 0 Å². The lowest BCUT2D eigenvalue weighted by Gasteiger charge is -2.21. The zero-order chi connectivity index (χ0) is 16.0. The number of carbonyl (C=O) groups excluding carboxylic acids is 2. The van der Waals surface area contributed by atoms with Crippen LogP contribution in [0.15, 0.2) is 18.2 Å². The molecule has 0 fully saturated rings. The van der Waals surface area contributed by atoms with E-state index in [0.29, 0.717) is 13.1 Å². The molecule has 0 radical (unpaired) electrons. The average Bonchev–Trinajstić information content (AvgIpc) is 2.45. The first-order chi connectivity index (χ1) is 9.92. The summed E-state index contributed by atoms with van der Waals surface area (Å²) in [5.41, 5.74) is 5.04. The first-order valence-corrected chi connectivity index (χ1v) is 6.88.